The summed E-state index contributed by atoms with van der Waals surface area (Å²) in [6.07, 6.45) is -3.02. The number of nitrogen functional groups attached to an aromatic ring is 3. The van der Waals surface area contributed by atoms with Crippen LogP contribution in [0.1, 0.15) is 56.1 Å². The average molecular weight is 1710 g/mol. The van der Waals surface area contributed by atoms with Crippen molar-refractivity contribution in [2.24, 2.45) is 0 Å². The Kier molecular flexibility index (Phi) is 26.6. The molecule has 53 heteroatoms. The highest BCUT2D eigenvalue weighted by Gasteiger charge is 2.51. The van der Waals surface area contributed by atoms with Crippen LogP contribution < -0.4 is 56.3 Å². The zero-order chi connectivity index (χ0) is 83.3. The van der Waals surface area contributed by atoms with Gasteiger partial charge in [0.2, 0.25) is 5.95 Å². The molecule has 5 unspecified atom stereocenters. The van der Waals surface area contributed by atoms with Crippen LogP contribution in [-0.2, 0) is 69.1 Å². The van der Waals surface area contributed by atoms with E-state index in [0.29, 0.717) is 0 Å². The molecule has 12 rings (SSSR count). The lowest BCUT2D eigenvalue weighted by molar-refractivity contribution is -0.132. The molecule has 0 radical (unpaired) electrons. The first-order valence-electron chi connectivity index (χ1n) is 36.5. The predicted molar refractivity (Wildman–Crippen MR) is 417 cm³/mol. The Hall–Kier alpha value is -7.11. The van der Waals surface area contributed by atoms with Crippen molar-refractivity contribution in [2.45, 2.75) is 95.0 Å². The van der Waals surface area contributed by atoms with E-state index < -0.39 is 159 Å². The van der Waals surface area contributed by atoms with Crippen LogP contribution in [0.4, 0.5) is 17.6 Å². The first-order chi connectivity index (χ1) is 54.2. The standard InChI is InChI=1S/C62H100N27O21P5/c1-37(2)111(96,76(5)6)101-30-41-21-82(26-48(108-41)86-19-38(3)56(90)74-61(86)94)114(99,79(11)12)103-31-42-22-81(25-47(107-42)85-16-15-45(63)71-60(85)93)113(98,78(9)10)104-32-43-23-83(27-49(109-43)87-20-39(4)57(91)75-62(87)95)115(100,80(13)14)105-33-44-24-84(28-50(110-44)89-35-69-51-53(64)67-34-68-54(51)89)112(97,77(7)8)102-29-40-17-66-18-46(106-40)88-36-70-52-55(88)72-59(65)73-58(52)92/h15-16,19-20,34-37,40-44,46-50,66H,17-18,21-33H2,1-14H3,(H2,63,71,93)(H2,64,67,68)(H,74,90,94)(H,75,91,95)(H3,65,72,73,92)/t40-,41-,42-,43-,44-,46+,47+,48+,49+,50+,111?,112?,113?,114?,115?/m0/s1. The van der Waals surface area contributed by atoms with E-state index >= 15 is 18.3 Å². The minimum atomic E-state index is -4.47. The fourth-order valence-electron chi connectivity index (χ4n) is 13.9. The van der Waals surface area contributed by atoms with Crippen molar-refractivity contribution in [1.82, 2.24) is 115 Å². The van der Waals surface area contributed by atoms with E-state index in [2.05, 4.69) is 50.2 Å². The summed E-state index contributed by atoms with van der Waals surface area (Å²) in [7, 11) is -5.51. The number of anilines is 3. The summed E-state index contributed by atoms with van der Waals surface area (Å²) in [5.74, 6) is -0.162. The van der Waals surface area contributed by atoms with Crippen LogP contribution >= 0.6 is 38.2 Å². The number of rotatable bonds is 30. The van der Waals surface area contributed by atoms with Crippen LogP contribution in [-0.4, -0.2) is 315 Å². The van der Waals surface area contributed by atoms with E-state index in [1.807, 2.05) is 0 Å². The van der Waals surface area contributed by atoms with Gasteiger partial charge in [-0.05, 0) is 90.4 Å². The summed E-state index contributed by atoms with van der Waals surface area (Å²) >= 11 is 0. The van der Waals surface area contributed by atoms with Gasteiger partial charge in [0.15, 0.2) is 41.3 Å². The largest absolute Gasteiger partial charge is 0.383 e. The number of aryl methyl sites for hydroxylation is 2. The molecule has 0 saturated carbocycles. The van der Waals surface area contributed by atoms with Crippen LogP contribution in [0.25, 0.3) is 22.3 Å². The van der Waals surface area contributed by atoms with Gasteiger partial charge in [0, 0.05) is 74.6 Å². The number of H-pyrrole nitrogens is 3. The number of ether oxygens (including phenoxy) is 5. The Morgan fingerprint density at radius 3 is 1.29 bits per heavy atom. The molecule has 5 aliphatic heterocycles. The van der Waals surface area contributed by atoms with Crippen molar-refractivity contribution in [3.05, 3.63) is 117 Å². The molecule has 5 fully saturated rings. The molecule has 115 heavy (non-hydrogen) atoms. The van der Waals surface area contributed by atoms with Gasteiger partial charge in [-0.1, -0.05) is 13.8 Å². The molecular formula is C62H100N27O21P5. The van der Waals surface area contributed by atoms with Crippen molar-refractivity contribution in [2.75, 3.05) is 186 Å². The van der Waals surface area contributed by atoms with E-state index in [4.69, 9.17) is 63.5 Å². The second-order valence-electron chi connectivity index (χ2n) is 29.4. The number of morpholine rings is 5. The molecule has 5 saturated heterocycles. The number of nitrogens with two attached hydrogens (primary N) is 3. The van der Waals surface area contributed by atoms with Gasteiger partial charge in [-0.15, -0.1) is 0 Å². The summed E-state index contributed by atoms with van der Waals surface area (Å²) in [4.78, 5) is 112. The SMILES string of the molecule is Cc1cn([C@H]2CN(P(=O)(OC[C@@H]3CN(P(=O)(OC[C@@H]4CN(P(=O)(OC[C@@H]5CN(P(=O)(OC[C@@H]6CNC[C@H](n7cnc8c(=O)[nH]c(N)nc87)O6)N(C)C)C[C@H](n6cnc7c(N)ncnc76)O5)N(C)C)C[C@H](n5cc(C)c(=O)[nH]c5=O)O4)N(C)C)C[C@H](n4ccc(N)nc4=O)O3)N(C)C)C[C@@H](COP(=O)(C(C)C)N(C)C)O2)c(=O)[nH]c1=O. The highest BCUT2D eigenvalue weighted by atomic mass is 31.2. The van der Waals surface area contributed by atoms with Gasteiger partial charge in [-0.3, -0.25) is 75.0 Å². The fourth-order valence-corrected chi connectivity index (χ4v) is 23.7. The van der Waals surface area contributed by atoms with Gasteiger partial charge in [0.05, 0.1) is 102 Å². The Labute approximate surface area is 658 Å². The van der Waals surface area contributed by atoms with Crippen molar-refractivity contribution < 1.29 is 69.1 Å². The van der Waals surface area contributed by atoms with Crippen LogP contribution in [0, 0.1) is 13.8 Å². The maximum absolute atomic E-state index is 16.3. The molecule has 7 aromatic rings. The number of fused-ring (bicyclic) bond motifs is 2. The molecule has 0 aromatic carbocycles. The van der Waals surface area contributed by atoms with E-state index in [0.717, 1.165) is 13.7 Å². The zero-order valence-corrected chi connectivity index (χ0v) is 70.5. The van der Waals surface area contributed by atoms with E-state index in [-0.39, 0.29) is 130 Å². The highest BCUT2D eigenvalue weighted by Crippen LogP contribution is 2.60. The average Bonchev–Trinajstić information content (AvgIpc) is 1.75. The quantitative estimate of drug-likeness (QED) is 0.0289. The topological polar surface area (TPSA) is 549 Å². The monoisotopic (exact) mass is 1710 g/mol. The van der Waals surface area contributed by atoms with E-state index in [1.165, 1.54) is 137 Å². The number of hydrogen-bond donors (Lipinski definition) is 7. The lowest BCUT2D eigenvalue weighted by Gasteiger charge is -2.46. The van der Waals surface area contributed by atoms with Crippen molar-refractivity contribution in [3.63, 3.8) is 0 Å². The third kappa shape index (κ3) is 18.2. The van der Waals surface area contributed by atoms with Crippen molar-refractivity contribution in [1.29, 1.82) is 0 Å². The van der Waals surface area contributed by atoms with Crippen LogP contribution in [0.3, 0.4) is 0 Å². The first kappa shape index (κ1) is 87.2. The number of aromatic nitrogens is 14. The van der Waals surface area contributed by atoms with Gasteiger partial charge >= 0.3 is 47.8 Å². The number of nitrogens with zero attached hydrogens (tertiary/aromatic N) is 20. The minimum absolute atomic E-state index is 0.0461. The zero-order valence-electron chi connectivity index (χ0n) is 66.0. The molecule has 48 nitrogen and oxygen atoms in total. The third-order valence-electron chi connectivity index (χ3n) is 19.9. The van der Waals surface area contributed by atoms with Gasteiger partial charge < -0.3 is 68.8 Å². The number of aromatic amines is 3. The van der Waals surface area contributed by atoms with Gasteiger partial charge in [0.25, 0.3) is 24.2 Å². The maximum Gasteiger partial charge on any atom is 0.351 e. The first-order valence-corrected chi connectivity index (χ1v) is 44.3. The Bertz CT molecular complexity index is 5310. The Balaban J connectivity index is 0.813. The number of nitrogens with one attached hydrogen (secondary N) is 4. The predicted octanol–water partition coefficient (Wildman–Crippen LogP) is -0.110. The van der Waals surface area contributed by atoms with Gasteiger partial charge in [-0.25, -0.2) is 76.4 Å². The smallest absolute Gasteiger partial charge is 0.351 e. The third-order valence-corrected chi connectivity index (χ3v) is 33.0. The van der Waals surface area contributed by atoms with Crippen LogP contribution in [0.5, 0.6) is 0 Å². The molecule has 0 amide bonds. The summed E-state index contributed by atoms with van der Waals surface area (Å²) in [6.45, 7) is 2.83. The molecule has 10 N–H and O–H groups in total. The summed E-state index contributed by atoms with van der Waals surface area (Å²) in [5.41, 5.74) is 14.3. The van der Waals surface area contributed by atoms with Crippen LogP contribution in [0.2, 0.25) is 0 Å². The molecule has 0 bridgehead atoms. The van der Waals surface area contributed by atoms with Gasteiger partial charge in [0.1, 0.15) is 30.1 Å². The van der Waals surface area contributed by atoms with Gasteiger partial charge in [-0.2, -0.15) is 9.97 Å². The molecule has 0 aliphatic carbocycles. The second kappa shape index (κ2) is 35.1. The normalized spacial score (nSPS) is 26.1. The highest BCUT2D eigenvalue weighted by molar-refractivity contribution is 7.57. The molecule has 5 aliphatic rings. The molecular weight excluding hydrogens is 1610 g/mol. The summed E-state index contributed by atoms with van der Waals surface area (Å²) in [5, 5.41) is 3.30. The molecule has 0 spiro atoms. The van der Waals surface area contributed by atoms with Crippen molar-refractivity contribution in [3.8, 4) is 0 Å². The molecule has 12 heterocycles. The maximum atomic E-state index is 16.3. The Morgan fingerprint density at radius 1 is 0.461 bits per heavy atom. The molecule has 15 atom stereocenters. The second-order valence-corrected chi connectivity index (χ2v) is 43.0. The Morgan fingerprint density at radius 2 is 0.861 bits per heavy atom. The summed E-state index contributed by atoms with van der Waals surface area (Å²) < 4.78 is 163. The van der Waals surface area contributed by atoms with Crippen molar-refractivity contribution >= 4 is 78.1 Å². The number of hydrogen-bond acceptors (Lipinski definition) is 31. The fraction of sp³-hybridized carbons (Fsp3) is 0.645. The lowest BCUT2D eigenvalue weighted by Crippen LogP contribution is -2.52. The lowest BCUT2D eigenvalue weighted by atomic mass is 10.3. The minimum Gasteiger partial charge on any atom is -0.383 e. The van der Waals surface area contributed by atoms with E-state index in [1.54, 1.807) is 55.8 Å². The molecule has 7 aromatic heterocycles. The molecule has 634 valence electrons. The van der Waals surface area contributed by atoms with Crippen LogP contribution in [0.15, 0.2) is 72.4 Å². The van der Waals surface area contributed by atoms with E-state index in [9.17, 15) is 33.3 Å². The number of imidazole rings is 2. The summed E-state index contributed by atoms with van der Waals surface area (Å²) in [6, 6.07) is 1.36.